The first-order chi connectivity index (χ1) is 11.7. The Morgan fingerprint density at radius 1 is 1.50 bits per heavy atom. The second-order valence-corrected chi connectivity index (χ2v) is 5.75. The number of allylic oxidation sites excluding steroid dienone is 1. The summed E-state index contributed by atoms with van der Waals surface area (Å²) in [6.45, 7) is 3.00. The molecule has 1 aliphatic heterocycles. The summed E-state index contributed by atoms with van der Waals surface area (Å²) in [6, 6.07) is 7.31. The molecular formula is C16H18FN7. The third-order valence-electron chi connectivity index (χ3n) is 4.15. The molecule has 2 aromatic rings. The Bertz CT molecular complexity index is 763. The van der Waals surface area contributed by atoms with Crippen molar-refractivity contribution in [2.45, 2.75) is 32.2 Å². The van der Waals surface area contributed by atoms with E-state index in [4.69, 9.17) is 5.26 Å². The quantitative estimate of drug-likeness (QED) is 0.839. The molecule has 0 radical (unpaired) electrons. The van der Waals surface area contributed by atoms with Crippen molar-refractivity contribution in [3.05, 3.63) is 36.0 Å². The maximum Gasteiger partial charge on any atom is 0.216 e. The van der Waals surface area contributed by atoms with E-state index in [-0.39, 0.29) is 17.2 Å². The molecule has 1 unspecified atom stereocenters. The Morgan fingerprint density at radius 2 is 2.38 bits per heavy atom. The SMILES string of the molecule is CC1CCCCN1c1ccc(NC=C(C#N)c2nn[nH]n2)cc1F. The molecule has 2 heterocycles. The second-order valence-electron chi connectivity index (χ2n) is 5.75. The Hall–Kier alpha value is -2.95. The molecule has 0 amide bonds. The summed E-state index contributed by atoms with van der Waals surface area (Å²) in [5.41, 5.74) is 1.38. The van der Waals surface area contributed by atoms with Gasteiger partial charge in [-0.05, 0) is 49.6 Å². The number of nitriles is 1. The number of aromatic amines is 1. The van der Waals surface area contributed by atoms with E-state index in [0.29, 0.717) is 17.4 Å². The zero-order valence-electron chi connectivity index (χ0n) is 13.3. The molecule has 0 saturated carbocycles. The van der Waals surface area contributed by atoms with Crippen LogP contribution in [0, 0.1) is 17.1 Å². The first-order valence-corrected chi connectivity index (χ1v) is 7.86. The van der Waals surface area contributed by atoms with E-state index in [9.17, 15) is 4.39 Å². The normalized spacial score (nSPS) is 18.3. The lowest BCUT2D eigenvalue weighted by atomic mass is 10.0. The molecule has 1 atom stereocenters. The number of H-pyrrole nitrogens is 1. The van der Waals surface area contributed by atoms with Crippen LogP contribution in [-0.2, 0) is 0 Å². The number of nitrogens with one attached hydrogen (secondary N) is 2. The van der Waals surface area contributed by atoms with Crippen LogP contribution in [0.25, 0.3) is 5.57 Å². The van der Waals surface area contributed by atoms with Crippen molar-refractivity contribution in [1.82, 2.24) is 20.6 Å². The number of hydrogen-bond donors (Lipinski definition) is 2. The number of tetrazole rings is 1. The Balaban J connectivity index is 1.76. The molecule has 3 rings (SSSR count). The van der Waals surface area contributed by atoms with E-state index in [1.807, 2.05) is 6.07 Å². The third kappa shape index (κ3) is 3.35. The van der Waals surface area contributed by atoms with E-state index in [0.717, 1.165) is 19.4 Å². The van der Waals surface area contributed by atoms with Crippen LogP contribution in [0.4, 0.5) is 15.8 Å². The summed E-state index contributed by atoms with van der Waals surface area (Å²) in [7, 11) is 0. The molecular weight excluding hydrogens is 309 g/mol. The highest BCUT2D eigenvalue weighted by Gasteiger charge is 2.21. The lowest BCUT2D eigenvalue weighted by molar-refractivity contribution is 0.476. The molecule has 0 bridgehead atoms. The first-order valence-electron chi connectivity index (χ1n) is 7.86. The highest BCUT2D eigenvalue weighted by molar-refractivity contribution is 5.74. The minimum Gasteiger partial charge on any atom is -0.366 e. The summed E-state index contributed by atoms with van der Waals surface area (Å²) < 4.78 is 14.5. The van der Waals surface area contributed by atoms with Crippen LogP contribution >= 0.6 is 0 Å². The van der Waals surface area contributed by atoms with Crippen molar-refractivity contribution in [3.8, 4) is 6.07 Å². The number of anilines is 2. The number of piperidine rings is 1. The van der Waals surface area contributed by atoms with Crippen LogP contribution in [0.2, 0.25) is 0 Å². The van der Waals surface area contributed by atoms with E-state index in [1.165, 1.54) is 18.7 Å². The fourth-order valence-corrected chi connectivity index (χ4v) is 2.86. The maximum atomic E-state index is 14.5. The van der Waals surface area contributed by atoms with Gasteiger partial charge in [-0.25, -0.2) is 4.39 Å². The lowest BCUT2D eigenvalue weighted by Gasteiger charge is -2.35. The van der Waals surface area contributed by atoms with Gasteiger partial charge < -0.3 is 10.2 Å². The van der Waals surface area contributed by atoms with Gasteiger partial charge in [-0.1, -0.05) is 0 Å². The smallest absolute Gasteiger partial charge is 0.216 e. The number of benzene rings is 1. The van der Waals surface area contributed by atoms with Crippen molar-refractivity contribution in [2.24, 2.45) is 0 Å². The molecule has 124 valence electrons. The number of nitrogens with zero attached hydrogens (tertiary/aromatic N) is 5. The minimum atomic E-state index is -0.278. The van der Waals surface area contributed by atoms with Crippen molar-refractivity contribution < 1.29 is 4.39 Å². The predicted molar refractivity (Wildman–Crippen MR) is 88.4 cm³/mol. The molecule has 0 aliphatic carbocycles. The van der Waals surface area contributed by atoms with Gasteiger partial charge in [0.1, 0.15) is 17.5 Å². The van der Waals surface area contributed by atoms with Crippen LogP contribution in [-0.4, -0.2) is 33.2 Å². The summed E-state index contributed by atoms with van der Waals surface area (Å²) in [5, 5.41) is 25.2. The zero-order chi connectivity index (χ0) is 16.9. The van der Waals surface area contributed by atoms with Gasteiger partial charge in [0.25, 0.3) is 0 Å². The van der Waals surface area contributed by atoms with Crippen LogP contribution in [0.1, 0.15) is 32.0 Å². The van der Waals surface area contributed by atoms with Crippen molar-refractivity contribution in [2.75, 3.05) is 16.8 Å². The monoisotopic (exact) mass is 327 g/mol. The molecule has 0 spiro atoms. The van der Waals surface area contributed by atoms with Gasteiger partial charge in [-0.2, -0.15) is 10.5 Å². The lowest BCUT2D eigenvalue weighted by Crippen LogP contribution is -2.37. The van der Waals surface area contributed by atoms with Gasteiger partial charge in [-0.15, -0.1) is 10.2 Å². The largest absolute Gasteiger partial charge is 0.366 e. The summed E-state index contributed by atoms with van der Waals surface area (Å²) in [4.78, 5) is 2.11. The number of hydrogen-bond acceptors (Lipinski definition) is 6. The molecule has 1 fully saturated rings. The van der Waals surface area contributed by atoms with Crippen LogP contribution in [0.15, 0.2) is 24.4 Å². The predicted octanol–water partition coefficient (Wildman–Crippen LogP) is 2.69. The van der Waals surface area contributed by atoms with Crippen LogP contribution in [0.5, 0.6) is 0 Å². The maximum absolute atomic E-state index is 14.5. The molecule has 1 aromatic carbocycles. The summed E-state index contributed by atoms with van der Waals surface area (Å²) >= 11 is 0. The van der Waals surface area contributed by atoms with Crippen molar-refractivity contribution >= 4 is 16.9 Å². The zero-order valence-corrected chi connectivity index (χ0v) is 13.3. The highest BCUT2D eigenvalue weighted by atomic mass is 19.1. The van der Waals surface area contributed by atoms with Gasteiger partial charge >= 0.3 is 0 Å². The topological polar surface area (TPSA) is 93.5 Å². The first kappa shape index (κ1) is 15.9. The second kappa shape index (κ2) is 7.08. The summed E-state index contributed by atoms with van der Waals surface area (Å²) in [6.07, 6.45) is 4.79. The van der Waals surface area contributed by atoms with E-state index >= 15 is 0 Å². The molecule has 2 N–H and O–H groups in total. The van der Waals surface area contributed by atoms with Crippen LogP contribution < -0.4 is 10.2 Å². The van der Waals surface area contributed by atoms with Crippen LogP contribution in [0.3, 0.4) is 0 Å². The van der Waals surface area contributed by atoms with E-state index in [2.05, 4.69) is 37.8 Å². The Kier molecular flexibility index (Phi) is 4.70. The standard InChI is InChI=1S/C16H18FN7/c1-11-4-2-3-7-24(11)15-6-5-13(8-14(15)17)19-10-12(9-18)16-20-22-23-21-16/h5-6,8,10-11,19H,2-4,7H2,1H3,(H,20,21,22,23). The number of rotatable bonds is 4. The minimum absolute atomic E-state index is 0.184. The Labute approximate surface area is 139 Å². The van der Waals surface area contributed by atoms with Gasteiger partial charge in [0.15, 0.2) is 0 Å². The van der Waals surface area contributed by atoms with E-state index in [1.54, 1.807) is 12.1 Å². The molecule has 8 heteroatoms. The number of halogens is 1. The van der Waals surface area contributed by atoms with Gasteiger partial charge in [0.05, 0.1) is 5.69 Å². The summed E-state index contributed by atoms with van der Waals surface area (Å²) in [5.74, 6) is -0.0931. The fourth-order valence-electron chi connectivity index (χ4n) is 2.86. The molecule has 1 aromatic heterocycles. The van der Waals surface area contributed by atoms with Gasteiger partial charge in [-0.3, -0.25) is 0 Å². The van der Waals surface area contributed by atoms with Crippen molar-refractivity contribution in [3.63, 3.8) is 0 Å². The third-order valence-corrected chi connectivity index (χ3v) is 4.15. The average Bonchev–Trinajstić information content (AvgIpc) is 3.11. The molecule has 1 aliphatic rings. The Morgan fingerprint density at radius 3 is 3.04 bits per heavy atom. The average molecular weight is 327 g/mol. The van der Waals surface area contributed by atoms with E-state index < -0.39 is 0 Å². The van der Waals surface area contributed by atoms with Gasteiger partial charge in [0, 0.05) is 24.5 Å². The van der Waals surface area contributed by atoms with Crippen molar-refractivity contribution in [1.29, 1.82) is 5.26 Å². The molecule has 7 nitrogen and oxygen atoms in total. The van der Waals surface area contributed by atoms with Gasteiger partial charge in [0.2, 0.25) is 5.82 Å². The molecule has 1 saturated heterocycles. The molecule has 24 heavy (non-hydrogen) atoms. The number of aromatic nitrogens is 4. The fraction of sp³-hybridized carbons (Fsp3) is 0.375. The highest BCUT2D eigenvalue weighted by Crippen LogP contribution is 2.29.